The maximum absolute atomic E-state index is 5.07. The molecule has 106 valence electrons. The molecule has 0 heterocycles. The summed E-state index contributed by atoms with van der Waals surface area (Å²) in [6.07, 6.45) is 8.16. The van der Waals surface area contributed by atoms with Gasteiger partial charge in [-0.05, 0) is 30.6 Å². The molecule has 1 aliphatic rings. The quantitative estimate of drug-likeness (QED) is 0.552. The molecule has 0 amide bonds. The van der Waals surface area contributed by atoms with Crippen molar-refractivity contribution >= 4 is 0 Å². The highest BCUT2D eigenvalue weighted by Crippen LogP contribution is 2.30. The zero-order valence-corrected chi connectivity index (χ0v) is 12.7. The van der Waals surface area contributed by atoms with Crippen LogP contribution < -0.4 is 5.32 Å². The van der Waals surface area contributed by atoms with Gasteiger partial charge in [-0.2, -0.15) is 0 Å². The fraction of sp³-hybridized carbons (Fsp3) is 0.875. The van der Waals surface area contributed by atoms with Crippen molar-refractivity contribution in [3.8, 4) is 0 Å². The monoisotopic (exact) mass is 253 g/mol. The van der Waals surface area contributed by atoms with E-state index in [0.29, 0.717) is 5.92 Å². The second kappa shape index (κ2) is 8.71. The third kappa shape index (κ3) is 6.01. The Morgan fingerprint density at radius 2 is 2.17 bits per heavy atom. The van der Waals surface area contributed by atoms with Crippen LogP contribution in [-0.4, -0.2) is 26.8 Å². The first-order valence-electron chi connectivity index (χ1n) is 7.53. The van der Waals surface area contributed by atoms with E-state index in [0.717, 1.165) is 31.5 Å². The number of methoxy groups -OCH3 is 1. The Hall–Kier alpha value is -0.340. The lowest BCUT2D eigenvalue weighted by Crippen LogP contribution is -2.24. The minimum absolute atomic E-state index is 0.650. The van der Waals surface area contributed by atoms with Gasteiger partial charge in [0, 0.05) is 20.2 Å². The van der Waals surface area contributed by atoms with Crippen molar-refractivity contribution in [3.05, 3.63) is 11.6 Å². The number of hydrogen-bond donors (Lipinski definition) is 1. The predicted molar refractivity (Wildman–Crippen MR) is 78.8 cm³/mol. The Kier molecular flexibility index (Phi) is 7.60. The lowest BCUT2D eigenvalue weighted by molar-refractivity contribution is 0.200. The van der Waals surface area contributed by atoms with Crippen LogP contribution in [0.15, 0.2) is 11.6 Å². The van der Waals surface area contributed by atoms with E-state index < -0.39 is 0 Å². The van der Waals surface area contributed by atoms with E-state index in [9.17, 15) is 0 Å². The smallest absolute Gasteiger partial charge is 0.0587 e. The number of rotatable bonds is 7. The zero-order valence-electron chi connectivity index (χ0n) is 12.7. The second-order valence-corrected chi connectivity index (χ2v) is 6.10. The lowest BCUT2D eigenvalue weighted by atomic mass is 9.81. The molecule has 2 nitrogen and oxygen atoms in total. The molecule has 1 aliphatic carbocycles. The third-order valence-corrected chi connectivity index (χ3v) is 3.98. The highest BCUT2D eigenvalue weighted by atomic mass is 16.5. The van der Waals surface area contributed by atoms with Crippen LogP contribution in [0.3, 0.4) is 0 Å². The van der Waals surface area contributed by atoms with Crippen LogP contribution in [0.4, 0.5) is 0 Å². The van der Waals surface area contributed by atoms with Crippen molar-refractivity contribution in [2.45, 2.75) is 46.5 Å². The first-order valence-corrected chi connectivity index (χ1v) is 7.53. The molecule has 1 N–H and O–H groups in total. The van der Waals surface area contributed by atoms with Gasteiger partial charge in [-0.25, -0.2) is 0 Å². The van der Waals surface area contributed by atoms with E-state index in [2.05, 4.69) is 32.2 Å². The molecule has 0 bridgehead atoms. The lowest BCUT2D eigenvalue weighted by Gasteiger charge is -2.26. The van der Waals surface area contributed by atoms with Gasteiger partial charge >= 0.3 is 0 Å². The van der Waals surface area contributed by atoms with Crippen LogP contribution in [0.5, 0.6) is 0 Å². The van der Waals surface area contributed by atoms with Crippen LogP contribution in [0.25, 0.3) is 0 Å². The zero-order chi connectivity index (χ0) is 13.4. The van der Waals surface area contributed by atoms with Gasteiger partial charge in [0.05, 0.1) is 6.61 Å². The van der Waals surface area contributed by atoms with E-state index >= 15 is 0 Å². The van der Waals surface area contributed by atoms with Crippen LogP contribution >= 0.6 is 0 Å². The molecule has 0 spiro atoms. The summed E-state index contributed by atoms with van der Waals surface area (Å²) in [6, 6.07) is 0. The summed E-state index contributed by atoms with van der Waals surface area (Å²) >= 11 is 0. The Balaban J connectivity index is 2.43. The van der Waals surface area contributed by atoms with Gasteiger partial charge < -0.3 is 10.1 Å². The van der Waals surface area contributed by atoms with Crippen molar-refractivity contribution in [3.63, 3.8) is 0 Å². The Morgan fingerprint density at radius 1 is 1.39 bits per heavy atom. The number of allylic oxidation sites excluding steroid dienone is 1. The average Bonchev–Trinajstić information content (AvgIpc) is 2.33. The van der Waals surface area contributed by atoms with Crippen molar-refractivity contribution in [1.82, 2.24) is 5.32 Å². The molecule has 0 aromatic carbocycles. The molecule has 1 saturated carbocycles. The molecule has 2 unspecified atom stereocenters. The van der Waals surface area contributed by atoms with Gasteiger partial charge in [0.15, 0.2) is 0 Å². The van der Waals surface area contributed by atoms with E-state index in [4.69, 9.17) is 4.74 Å². The molecule has 18 heavy (non-hydrogen) atoms. The molecule has 0 aromatic heterocycles. The molecule has 2 heteroatoms. The molecule has 1 fully saturated rings. The Labute approximate surface area is 113 Å². The summed E-state index contributed by atoms with van der Waals surface area (Å²) in [5.41, 5.74) is 1.57. The van der Waals surface area contributed by atoms with Gasteiger partial charge in [0.25, 0.3) is 0 Å². The molecule has 0 aliphatic heterocycles. The predicted octanol–water partition coefficient (Wildman–Crippen LogP) is 3.63. The van der Waals surface area contributed by atoms with Gasteiger partial charge in [-0.3, -0.25) is 0 Å². The van der Waals surface area contributed by atoms with Gasteiger partial charge in [0.2, 0.25) is 0 Å². The SMILES string of the molecule is COCCNCC(=CC1CCCC(C)C1)C(C)C. The fourth-order valence-corrected chi connectivity index (χ4v) is 2.80. The van der Waals surface area contributed by atoms with Gasteiger partial charge in [-0.1, -0.05) is 45.3 Å². The largest absolute Gasteiger partial charge is 0.383 e. The van der Waals surface area contributed by atoms with Gasteiger partial charge in [-0.15, -0.1) is 0 Å². The standard InChI is InChI=1S/C16H31NO/c1-13(2)16(12-17-8-9-18-4)11-15-7-5-6-14(3)10-15/h11,13-15,17H,5-10,12H2,1-4H3. The van der Waals surface area contributed by atoms with Crippen LogP contribution in [0.2, 0.25) is 0 Å². The van der Waals surface area contributed by atoms with Crippen LogP contribution in [0, 0.1) is 17.8 Å². The summed E-state index contributed by atoms with van der Waals surface area (Å²) < 4.78 is 5.07. The minimum Gasteiger partial charge on any atom is -0.383 e. The summed E-state index contributed by atoms with van der Waals surface area (Å²) in [6.45, 7) is 9.76. The number of ether oxygens (including phenoxy) is 1. The molecule has 0 aromatic rings. The number of hydrogen-bond acceptors (Lipinski definition) is 2. The summed E-state index contributed by atoms with van der Waals surface area (Å²) in [7, 11) is 1.75. The minimum atomic E-state index is 0.650. The molecule has 0 radical (unpaired) electrons. The highest BCUT2D eigenvalue weighted by molar-refractivity contribution is 5.09. The molecular formula is C16H31NO. The maximum Gasteiger partial charge on any atom is 0.0587 e. The van der Waals surface area contributed by atoms with E-state index in [1.807, 2.05) is 0 Å². The first kappa shape index (κ1) is 15.7. The van der Waals surface area contributed by atoms with Crippen molar-refractivity contribution < 1.29 is 4.74 Å². The van der Waals surface area contributed by atoms with Crippen LogP contribution in [0.1, 0.15) is 46.5 Å². The highest BCUT2D eigenvalue weighted by Gasteiger charge is 2.18. The molecule has 1 rings (SSSR count). The van der Waals surface area contributed by atoms with E-state index in [-0.39, 0.29) is 0 Å². The molecule has 2 atom stereocenters. The third-order valence-electron chi connectivity index (χ3n) is 3.98. The summed E-state index contributed by atoms with van der Waals surface area (Å²) in [5.74, 6) is 2.38. The summed E-state index contributed by atoms with van der Waals surface area (Å²) in [5, 5.41) is 3.48. The van der Waals surface area contributed by atoms with Crippen molar-refractivity contribution in [2.75, 3.05) is 26.8 Å². The first-order chi connectivity index (χ1) is 8.63. The summed E-state index contributed by atoms with van der Waals surface area (Å²) in [4.78, 5) is 0. The average molecular weight is 253 g/mol. The van der Waals surface area contributed by atoms with E-state index in [1.54, 1.807) is 12.7 Å². The van der Waals surface area contributed by atoms with E-state index in [1.165, 1.54) is 25.7 Å². The molecular weight excluding hydrogens is 222 g/mol. The molecule has 0 saturated heterocycles. The topological polar surface area (TPSA) is 21.3 Å². The maximum atomic E-state index is 5.07. The van der Waals surface area contributed by atoms with Crippen LogP contribution in [-0.2, 0) is 4.74 Å². The second-order valence-electron chi connectivity index (χ2n) is 6.10. The fourth-order valence-electron chi connectivity index (χ4n) is 2.80. The normalized spacial score (nSPS) is 25.7. The van der Waals surface area contributed by atoms with Gasteiger partial charge in [0.1, 0.15) is 0 Å². The van der Waals surface area contributed by atoms with Crippen molar-refractivity contribution in [1.29, 1.82) is 0 Å². The Morgan fingerprint density at radius 3 is 2.78 bits per heavy atom. The van der Waals surface area contributed by atoms with Crippen molar-refractivity contribution in [2.24, 2.45) is 17.8 Å². The number of nitrogens with one attached hydrogen (secondary N) is 1. The Bertz CT molecular complexity index is 247.